The van der Waals surface area contributed by atoms with E-state index in [0.717, 1.165) is 36.1 Å². The Balaban J connectivity index is 1.28. The molecule has 0 aliphatic carbocycles. The fourth-order valence-electron chi connectivity index (χ4n) is 3.62. The molecule has 2 amide bonds. The zero-order chi connectivity index (χ0) is 22.8. The van der Waals surface area contributed by atoms with Crippen LogP contribution in [0.1, 0.15) is 55.8 Å². The van der Waals surface area contributed by atoms with Crippen LogP contribution >= 0.6 is 23.5 Å². The van der Waals surface area contributed by atoms with Crippen molar-refractivity contribution in [1.29, 1.82) is 0 Å². The van der Waals surface area contributed by atoms with Crippen molar-refractivity contribution in [1.82, 2.24) is 9.62 Å². The zero-order valence-electron chi connectivity index (χ0n) is 17.9. The lowest BCUT2D eigenvalue weighted by Crippen LogP contribution is -2.50. The number of amides is 2. The maximum atomic E-state index is 12.3. The van der Waals surface area contributed by atoms with Crippen LogP contribution in [0.25, 0.3) is 0 Å². The van der Waals surface area contributed by atoms with E-state index in [1.807, 2.05) is 42.5 Å². The van der Waals surface area contributed by atoms with Crippen LogP contribution in [-0.4, -0.2) is 34.0 Å². The number of hydrogen-bond acceptors (Lipinski definition) is 5. The van der Waals surface area contributed by atoms with Gasteiger partial charge in [-0.25, -0.2) is 4.89 Å². The minimum absolute atomic E-state index is 0.0226. The Kier molecular flexibility index (Phi) is 9.87. The lowest BCUT2D eigenvalue weighted by Gasteiger charge is -2.38. The van der Waals surface area contributed by atoms with Crippen LogP contribution in [0, 0.1) is 0 Å². The van der Waals surface area contributed by atoms with E-state index >= 15 is 0 Å². The summed E-state index contributed by atoms with van der Waals surface area (Å²) in [6.07, 6.45) is 3.70. The standard InChI is InChI=1S/C24H29ClN2O4S/c25-20-12-10-19(11-13-20)22(31-30)9-5-2-6-14-26-23(28)15-21-16-24(29)27(21)32-17-18-7-3-1-4-8-18/h1,3-4,7-8,10-13,21-22,30H,2,5-6,9,14-17H2,(H,26,28). The first-order valence-electron chi connectivity index (χ1n) is 10.9. The van der Waals surface area contributed by atoms with Crippen molar-refractivity contribution < 1.29 is 19.7 Å². The summed E-state index contributed by atoms with van der Waals surface area (Å²) in [6, 6.07) is 17.2. The number of carbonyl (C=O) groups is 2. The van der Waals surface area contributed by atoms with Crippen LogP contribution in [0.3, 0.4) is 0 Å². The molecule has 2 N–H and O–H groups in total. The molecule has 2 aromatic rings. The predicted octanol–water partition coefficient (Wildman–Crippen LogP) is 5.39. The minimum Gasteiger partial charge on any atom is -0.356 e. The van der Waals surface area contributed by atoms with E-state index in [-0.39, 0.29) is 24.0 Å². The Morgan fingerprint density at radius 2 is 1.91 bits per heavy atom. The summed E-state index contributed by atoms with van der Waals surface area (Å²) >= 11 is 7.37. The average Bonchev–Trinajstić information content (AvgIpc) is 2.80. The van der Waals surface area contributed by atoms with Crippen molar-refractivity contribution in [3.8, 4) is 0 Å². The molecule has 2 aromatic carbocycles. The van der Waals surface area contributed by atoms with Gasteiger partial charge in [-0.1, -0.05) is 66.9 Å². The Morgan fingerprint density at radius 1 is 1.16 bits per heavy atom. The normalized spacial score (nSPS) is 16.5. The molecule has 32 heavy (non-hydrogen) atoms. The smallest absolute Gasteiger partial charge is 0.234 e. The predicted molar refractivity (Wildman–Crippen MR) is 127 cm³/mol. The number of unbranched alkanes of at least 4 members (excludes halogenated alkanes) is 2. The summed E-state index contributed by atoms with van der Waals surface area (Å²) in [5.74, 6) is 0.787. The molecule has 3 rings (SSSR count). The van der Waals surface area contributed by atoms with Crippen LogP contribution in [-0.2, 0) is 20.2 Å². The zero-order valence-corrected chi connectivity index (χ0v) is 19.5. The lowest BCUT2D eigenvalue weighted by atomic mass is 10.0. The number of hydrogen-bond donors (Lipinski definition) is 2. The fourth-order valence-corrected chi connectivity index (χ4v) is 4.80. The van der Waals surface area contributed by atoms with E-state index in [2.05, 4.69) is 10.2 Å². The van der Waals surface area contributed by atoms with Gasteiger partial charge in [0.15, 0.2) is 0 Å². The molecule has 1 aliphatic heterocycles. The van der Waals surface area contributed by atoms with Gasteiger partial charge in [-0.15, -0.1) is 0 Å². The van der Waals surface area contributed by atoms with Gasteiger partial charge < -0.3 is 5.32 Å². The molecule has 2 unspecified atom stereocenters. The second-order valence-electron chi connectivity index (χ2n) is 7.89. The quantitative estimate of drug-likeness (QED) is 0.133. The number of halogens is 1. The highest BCUT2D eigenvalue weighted by atomic mass is 35.5. The Morgan fingerprint density at radius 3 is 2.59 bits per heavy atom. The van der Waals surface area contributed by atoms with Crippen molar-refractivity contribution >= 4 is 35.4 Å². The fraction of sp³-hybridized carbons (Fsp3) is 0.417. The third kappa shape index (κ3) is 7.52. The molecule has 0 bridgehead atoms. The molecular formula is C24H29ClN2O4S. The average molecular weight is 477 g/mol. The van der Waals surface area contributed by atoms with E-state index < -0.39 is 0 Å². The first kappa shape index (κ1) is 24.6. The summed E-state index contributed by atoms with van der Waals surface area (Å²) < 4.78 is 1.73. The monoisotopic (exact) mass is 476 g/mol. The lowest BCUT2D eigenvalue weighted by molar-refractivity contribution is -0.283. The first-order valence-corrected chi connectivity index (χ1v) is 12.2. The van der Waals surface area contributed by atoms with Gasteiger partial charge in [0, 0.05) is 30.2 Å². The molecule has 1 fully saturated rings. The van der Waals surface area contributed by atoms with Gasteiger partial charge in [0.1, 0.15) is 6.10 Å². The maximum Gasteiger partial charge on any atom is 0.234 e. The van der Waals surface area contributed by atoms with E-state index in [4.69, 9.17) is 16.9 Å². The van der Waals surface area contributed by atoms with Crippen molar-refractivity contribution in [3.63, 3.8) is 0 Å². The van der Waals surface area contributed by atoms with E-state index in [1.165, 1.54) is 11.9 Å². The van der Waals surface area contributed by atoms with Crippen LogP contribution in [0.5, 0.6) is 0 Å². The molecule has 2 atom stereocenters. The van der Waals surface area contributed by atoms with Crippen LogP contribution in [0.15, 0.2) is 54.6 Å². The number of benzene rings is 2. The highest BCUT2D eigenvalue weighted by molar-refractivity contribution is 7.96. The van der Waals surface area contributed by atoms with Crippen LogP contribution in [0.2, 0.25) is 5.02 Å². The van der Waals surface area contributed by atoms with Crippen molar-refractivity contribution in [2.24, 2.45) is 0 Å². The second kappa shape index (κ2) is 12.8. The van der Waals surface area contributed by atoms with Gasteiger partial charge in [-0.05, 0) is 48.0 Å². The number of β-lactam (4-membered cyclic amide) rings is 1. The number of carbonyl (C=O) groups excluding carboxylic acids is 2. The molecule has 6 nitrogen and oxygen atoms in total. The molecule has 1 aliphatic rings. The molecule has 1 saturated heterocycles. The molecule has 0 saturated carbocycles. The molecule has 0 aromatic heterocycles. The summed E-state index contributed by atoms with van der Waals surface area (Å²) in [6.45, 7) is 0.599. The minimum atomic E-state index is -0.377. The first-order chi connectivity index (χ1) is 15.6. The highest BCUT2D eigenvalue weighted by Crippen LogP contribution is 2.32. The summed E-state index contributed by atoms with van der Waals surface area (Å²) in [4.78, 5) is 28.8. The summed E-state index contributed by atoms with van der Waals surface area (Å²) in [5.41, 5.74) is 2.04. The summed E-state index contributed by atoms with van der Waals surface area (Å²) in [5, 5.41) is 12.8. The highest BCUT2D eigenvalue weighted by Gasteiger charge is 2.37. The Labute approximate surface area is 198 Å². The van der Waals surface area contributed by atoms with Gasteiger partial charge in [0.2, 0.25) is 11.8 Å². The molecular weight excluding hydrogens is 448 g/mol. The van der Waals surface area contributed by atoms with Gasteiger partial charge >= 0.3 is 0 Å². The molecule has 8 heteroatoms. The number of nitrogens with one attached hydrogen (secondary N) is 1. The number of nitrogens with zero attached hydrogens (tertiary/aromatic N) is 1. The third-order valence-corrected chi connectivity index (χ3v) is 6.95. The van der Waals surface area contributed by atoms with Gasteiger partial charge in [0.25, 0.3) is 0 Å². The number of rotatable bonds is 13. The van der Waals surface area contributed by atoms with E-state index in [0.29, 0.717) is 30.8 Å². The van der Waals surface area contributed by atoms with Crippen molar-refractivity contribution in [2.75, 3.05) is 6.54 Å². The molecule has 0 spiro atoms. The van der Waals surface area contributed by atoms with Gasteiger partial charge in [-0.3, -0.25) is 19.2 Å². The summed E-state index contributed by atoms with van der Waals surface area (Å²) in [7, 11) is 0. The van der Waals surface area contributed by atoms with Crippen LogP contribution in [0.4, 0.5) is 0 Å². The van der Waals surface area contributed by atoms with Gasteiger partial charge in [-0.2, -0.15) is 0 Å². The molecule has 1 heterocycles. The maximum absolute atomic E-state index is 12.3. The largest absolute Gasteiger partial charge is 0.356 e. The van der Waals surface area contributed by atoms with Crippen LogP contribution < -0.4 is 5.32 Å². The second-order valence-corrected chi connectivity index (χ2v) is 9.26. The van der Waals surface area contributed by atoms with Crippen molar-refractivity contribution in [3.05, 3.63) is 70.7 Å². The Bertz CT molecular complexity index is 866. The van der Waals surface area contributed by atoms with E-state index in [9.17, 15) is 9.59 Å². The third-order valence-electron chi connectivity index (χ3n) is 5.46. The topological polar surface area (TPSA) is 78.9 Å². The van der Waals surface area contributed by atoms with Crippen molar-refractivity contribution in [2.45, 2.75) is 56.4 Å². The SMILES string of the molecule is O=C(CC1CC(=O)N1SCc1ccccc1)NCCCCCC(OO)c1ccc(Cl)cc1. The molecule has 0 radical (unpaired) electrons. The Hall–Kier alpha value is -2.06. The van der Waals surface area contributed by atoms with Gasteiger partial charge in [0.05, 0.1) is 6.04 Å². The molecule has 172 valence electrons. The van der Waals surface area contributed by atoms with E-state index in [1.54, 1.807) is 16.4 Å².